The van der Waals surface area contributed by atoms with Crippen LogP contribution in [0.2, 0.25) is 0 Å². The third-order valence-corrected chi connectivity index (χ3v) is 4.20. The summed E-state index contributed by atoms with van der Waals surface area (Å²) < 4.78 is 10.7. The van der Waals surface area contributed by atoms with Gasteiger partial charge in [0.25, 0.3) is 11.8 Å². The minimum Gasteiger partial charge on any atom is -0.493 e. The molecule has 0 atom stereocenters. The Hall–Kier alpha value is -3.15. The van der Waals surface area contributed by atoms with Crippen molar-refractivity contribution in [1.29, 1.82) is 0 Å². The molecule has 2 amide bonds. The SMILES string of the molecule is O=C(CCCN1C(=O)c2ccccc2C1=O)OCCCOc1ccccc1. The number of imide groups is 1. The number of hydrogen-bond acceptors (Lipinski definition) is 5. The number of fused-ring (bicyclic) bond motifs is 1. The van der Waals surface area contributed by atoms with Crippen molar-refractivity contribution in [2.75, 3.05) is 19.8 Å². The lowest BCUT2D eigenvalue weighted by atomic mass is 10.1. The molecule has 6 heteroatoms. The van der Waals surface area contributed by atoms with Gasteiger partial charge in [-0.2, -0.15) is 0 Å². The first-order chi connectivity index (χ1) is 13.2. The molecule has 3 rings (SSSR count). The third kappa shape index (κ3) is 4.73. The van der Waals surface area contributed by atoms with Crippen LogP contribution in [0.25, 0.3) is 0 Å². The number of rotatable bonds is 9. The fourth-order valence-corrected chi connectivity index (χ4v) is 2.85. The van der Waals surface area contributed by atoms with E-state index in [1.165, 1.54) is 4.90 Å². The Balaban J connectivity index is 1.31. The zero-order valence-corrected chi connectivity index (χ0v) is 14.9. The number of benzene rings is 2. The molecule has 2 aromatic rings. The van der Waals surface area contributed by atoms with Crippen LogP contribution in [-0.4, -0.2) is 42.4 Å². The van der Waals surface area contributed by atoms with E-state index in [1.807, 2.05) is 30.3 Å². The van der Waals surface area contributed by atoms with Crippen molar-refractivity contribution in [3.05, 3.63) is 65.7 Å². The average molecular weight is 367 g/mol. The standard InChI is InChI=1S/C21H21NO5/c23-19(27-15-7-14-26-16-8-2-1-3-9-16)12-6-13-22-20(24)17-10-4-5-11-18(17)21(22)25/h1-5,8-11H,6-7,12-15H2. The van der Waals surface area contributed by atoms with Gasteiger partial charge >= 0.3 is 5.97 Å². The molecule has 0 N–H and O–H groups in total. The number of carbonyl (C=O) groups is 3. The van der Waals surface area contributed by atoms with Crippen LogP contribution >= 0.6 is 0 Å². The van der Waals surface area contributed by atoms with Crippen LogP contribution < -0.4 is 4.74 Å². The van der Waals surface area contributed by atoms with Gasteiger partial charge in [-0.1, -0.05) is 30.3 Å². The molecule has 0 bridgehead atoms. The summed E-state index contributed by atoms with van der Waals surface area (Å²) in [6.07, 6.45) is 1.14. The van der Waals surface area contributed by atoms with Gasteiger partial charge in [0.2, 0.25) is 0 Å². The molecule has 0 aliphatic carbocycles. The van der Waals surface area contributed by atoms with Gasteiger partial charge in [-0.3, -0.25) is 19.3 Å². The van der Waals surface area contributed by atoms with Gasteiger partial charge in [-0.05, 0) is 30.7 Å². The van der Waals surface area contributed by atoms with E-state index in [0.717, 1.165) is 5.75 Å². The molecule has 0 fully saturated rings. The Bertz CT molecular complexity index is 783. The van der Waals surface area contributed by atoms with Crippen LogP contribution in [0.1, 0.15) is 40.0 Å². The first-order valence-electron chi connectivity index (χ1n) is 8.95. The number of hydrogen-bond donors (Lipinski definition) is 0. The van der Waals surface area contributed by atoms with Crippen LogP contribution in [0.4, 0.5) is 0 Å². The van der Waals surface area contributed by atoms with Crippen LogP contribution in [0, 0.1) is 0 Å². The maximum Gasteiger partial charge on any atom is 0.305 e. The van der Waals surface area contributed by atoms with Gasteiger partial charge in [0.05, 0.1) is 24.3 Å². The summed E-state index contributed by atoms with van der Waals surface area (Å²) >= 11 is 0. The number of carbonyl (C=O) groups excluding carboxylic acids is 3. The van der Waals surface area contributed by atoms with Gasteiger partial charge in [0.1, 0.15) is 5.75 Å². The molecular formula is C21H21NO5. The summed E-state index contributed by atoms with van der Waals surface area (Å²) in [7, 11) is 0. The molecule has 2 aromatic carbocycles. The highest BCUT2D eigenvalue weighted by atomic mass is 16.5. The summed E-state index contributed by atoms with van der Waals surface area (Å²) in [5.74, 6) is -0.167. The number of amides is 2. The minimum absolute atomic E-state index is 0.160. The Morgan fingerprint density at radius 3 is 2.11 bits per heavy atom. The second-order valence-corrected chi connectivity index (χ2v) is 6.15. The number of nitrogens with zero attached hydrogens (tertiary/aromatic N) is 1. The molecule has 1 aliphatic rings. The van der Waals surface area contributed by atoms with Crippen molar-refractivity contribution >= 4 is 17.8 Å². The Morgan fingerprint density at radius 1 is 0.815 bits per heavy atom. The third-order valence-electron chi connectivity index (χ3n) is 4.20. The predicted molar refractivity (Wildman–Crippen MR) is 98.6 cm³/mol. The van der Waals surface area contributed by atoms with E-state index in [4.69, 9.17) is 9.47 Å². The van der Waals surface area contributed by atoms with Gasteiger partial charge in [-0.25, -0.2) is 0 Å². The minimum atomic E-state index is -0.341. The quantitative estimate of drug-likeness (QED) is 0.387. The Kier molecular flexibility index (Phi) is 6.20. The fourth-order valence-electron chi connectivity index (χ4n) is 2.85. The van der Waals surface area contributed by atoms with Gasteiger partial charge in [0, 0.05) is 19.4 Å². The molecule has 1 heterocycles. The summed E-state index contributed by atoms with van der Waals surface area (Å²) in [5, 5.41) is 0. The second kappa shape index (κ2) is 8.98. The van der Waals surface area contributed by atoms with E-state index >= 15 is 0 Å². The normalized spacial score (nSPS) is 12.8. The summed E-state index contributed by atoms with van der Waals surface area (Å²) in [6.45, 7) is 0.948. The predicted octanol–water partition coefficient (Wildman–Crippen LogP) is 3.08. The summed E-state index contributed by atoms with van der Waals surface area (Å²) in [5.41, 5.74) is 0.840. The van der Waals surface area contributed by atoms with Crippen LogP contribution in [0.15, 0.2) is 54.6 Å². The lowest BCUT2D eigenvalue weighted by molar-refractivity contribution is -0.144. The maximum absolute atomic E-state index is 12.2. The van der Waals surface area contributed by atoms with E-state index in [9.17, 15) is 14.4 Å². The second-order valence-electron chi connectivity index (χ2n) is 6.15. The molecule has 0 saturated heterocycles. The smallest absolute Gasteiger partial charge is 0.305 e. The van der Waals surface area contributed by atoms with Gasteiger partial charge < -0.3 is 9.47 Å². The Labute approximate surface area is 157 Å². The van der Waals surface area contributed by atoms with E-state index in [0.29, 0.717) is 30.6 Å². The molecule has 0 radical (unpaired) electrons. The average Bonchev–Trinajstić information content (AvgIpc) is 2.94. The van der Waals surface area contributed by atoms with E-state index in [-0.39, 0.29) is 37.4 Å². The molecule has 0 spiro atoms. The summed E-state index contributed by atoms with van der Waals surface area (Å²) in [4.78, 5) is 37.4. The van der Waals surface area contributed by atoms with Crippen molar-refractivity contribution in [3.63, 3.8) is 0 Å². The van der Waals surface area contributed by atoms with Crippen LogP contribution in [0.5, 0.6) is 5.75 Å². The molecule has 0 aromatic heterocycles. The number of ether oxygens (including phenoxy) is 2. The van der Waals surface area contributed by atoms with Gasteiger partial charge in [0.15, 0.2) is 0 Å². The first-order valence-corrected chi connectivity index (χ1v) is 8.95. The largest absolute Gasteiger partial charge is 0.493 e. The van der Waals surface area contributed by atoms with Crippen LogP contribution in [0.3, 0.4) is 0 Å². The fraction of sp³-hybridized carbons (Fsp3) is 0.286. The van der Waals surface area contributed by atoms with Crippen molar-refractivity contribution in [2.45, 2.75) is 19.3 Å². The Morgan fingerprint density at radius 2 is 1.44 bits per heavy atom. The van der Waals surface area contributed by atoms with Crippen molar-refractivity contribution in [1.82, 2.24) is 4.90 Å². The number of esters is 1. The van der Waals surface area contributed by atoms with E-state index in [2.05, 4.69) is 0 Å². The highest BCUT2D eigenvalue weighted by Crippen LogP contribution is 2.22. The summed E-state index contributed by atoms with van der Waals surface area (Å²) in [6, 6.07) is 16.2. The monoisotopic (exact) mass is 367 g/mol. The van der Waals surface area contributed by atoms with Crippen molar-refractivity contribution in [3.8, 4) is 5.75 Å². The first kappa shape index (κ1) is 18.6. The van der Waals surface area contributed by atoms with Crippen molar-refractivity contribution < 1.29 is 23.9 Å². The van der Waals surface area contributed by atoms with Gasteiger partial charge in [-0.15, -0.1) is 0 Å². The highest BCUT2D eigenvalue weighted by Gasteiger charge is 2.34. The van der Waals surface area contributed by atoms with Crippen molar-refractivity contribution in [2.24, 2.45) is 0 Å². The topological polar surface area (TPSA) is 72.9 Å². The molecule has 1 aliphatic heterocycles. The number of para-hydroxylation sites is 1. The zero-order chi connectivity index (χ0) is 19.1. The maximum atomic E-state index is 12.2. The zero-order valence-electron chi connectivity index (χ0n) is 14.9. The van der Waals surface area contributed by atoms with E-state index in [1.54, 1.807) is 24.3 Å². The molecule has 140 valence electrons. The lowest BCUT2D eigenvalue weighted by Crippen LogP contribution is -2.31. The molecule has 27 heavy (non-hydrogen) atoms. The highest BCUT2D eigenvalue weighted by molar-refractivity contribution is 6.21. The molecule has 0 unspecified atom stereocenters. The lowest BCUT2D eigenvalue weighted by Gasteiger charge is -2.13. The molecule has 0 saturated carbocycles. The molecular weight excluding hydrogens is 346 g/mol. The van der Waals surface area contributed by atoms with E-state index < -0.39 is 0 Å². The molecule has 6 nitrogen and oxygen atoms in total. The van der Waals surface area contributed by atoms with Crippen LogP contribution in [-0.2, 0) is 9.53 Å².